The smallest absolute Gasteiger partial charge is 0.0505 e. The molecule has 0 radical (unpaired) electrons. The maximum Gasteiger partial charge on any atom is 0.0505 e. The number of rotatable bonds is 0. The van der Waals surface area contributed by atoms with Crippen molar-refractivity contribution in [3.8, 4) is 0 Å². The van der Waals surface area contributed by atoms with E-state index in [0.717, 1.165) is 6.42 Å². The third-order valence-corrected chi connectivity index (χ3v) is 4.24. The SMILES string of the molecule is C1=CCC2=C3C=c4sccc4=CN3C=CC2=C1. The predicted molar refractivity (Wildman–Crippen MR) is 72.3 cm³/mol. The van der Waals surface area contributed by atoms with Crippen LogP contribution >= 0.6 is 11.3 Å². The van der Waals surface area contributed by atoms with Crippen molar-refractivity contribution in [2.75, 3.05) is 0 Å². The van der Waals surface area contributed by atoms with Crippen molar-refractivity contribution < 1.29 is 0 Å². The molecule has 0 atom stereocenters. The molecule has 0 fully saturated rings. The molecule has 0 spiro atoms. The highest BCUT2D eigenvalue weighted by molar-refractivity contribution is 7.07. The van der Waals surface area contributed by atoms with Crippen LogP contribution in [0.1, 0.15) is 6.42 Å². The van der Waals surface area contributed by atoms with E-state index in [1.807, 2.05) is 11.3 Å². The molecule has 2 heteroatoms. The van der Waals surface area contributed by atoms with Gasteiger partial charge in [-0.3, -0.25) is 0 Å². The monoisotopic (exact) mass is 237 g/mol. The third-order valence-electron chi connectivity index (χ3n) is 3.36. The average Bonchev–Trinajstić information content (AvgIpc) is 2.83. The topological polar surface area (TPSA) is 3.24 Å². The van der Waals surface area contributed by atoms with Crippen LogP contribution in [-0.4, -0.2) is 4.90 Å². The second kappa shape index (κ2) is 3.34. The van der Waals surface area contributed by atoms with Crippen molar-refractivity contribution in [1.82, 2.24) is 4.90 Å². The highest BCUT2D eigenvalue weighted by atomic mass is 32.1. The Morgan fingerprint density at radius 3 is 3.29 bits per heavy atom. The van der Waals surface area contributed by atoms with Gasteiger partial charge in [0.15, 0.2) is 0 Å². The molecular weight excluding hydrogens is 226 g/mol. The number of fused-ring (bicyclic) bond motifs is 3. The molecule has 0 unspecified atom stereocenters. The summed E-state index contributed by atoms with van der Waals surface area (Å²) in [5, 5.41) is 3.48. The maximum absolute atomic E-state index is 2.31. The van der Waals surface area contributed by atoms with Crippen LogP contribution in [0.15, 0.2) is 58.8 Å². The lowest BCUT2D eigenvalue weighted by Crippen LogP contribution is -2.30. The van der Waals surface area contributed by atoms with Gasteiger partial charge in [-0.2, -0.15) is 0 Å². The number of nitrogens with zero attached hydrogens (tertiary/aromatic N) is 1. The summed E-state index contributed by atoms with van der Waals surface area (Å²) in [4.78, 5) is 2.24. The third kappa shape index (κ3) is 1.31. The van der Waals surface area contributed by atoms with Gasteiger partial charge in [0.05, 0.1) is 5.70 Å². The van der Waals surface area contributed by atoms with E-state index in [1.165, 1.54) is 26.6 Å². The largest absolute Gasteiger partial charge is 0.323 e. The molecule has 3 heterocycles. The Morgan fingerprint density at radius 2 is 2.29 bits per heavy atom. The Bertz CT molecular complexity index is 725. The van der Waals surface area contributed by atoms with Crippen LogP contribution in [0.3, 0.4) is 0 Å². The highest BCUT2D eigenvalue weighted by Gasteiger charge is 2.19. The molecule has 17 heavy (non-hydrogen) atoms. The van der Waals surface area contributed by atoms with Crippen LogP contribution < -0.4 is 9.75 Å². The predicted octanol–water partition coefficient (Wildman–Crippen LogP) is 2.25. The van der Waals surface area contributed by atoms with Crippen LogP contribution in [-0.2, 0) is 0 Å². The van der Waals surface area contributed by atoms with Crippen molar-refractivity contribution in [3.05, 3.63) is 68.5 Å². The van der Waals surface area contributed by atoms with Crippen LogP contribution in [0.2, 0.25) is 0 Å². The van der Waals surface area contributed by atoms with Gasteiger partial charge in [-0.1, -0.05) is 18.2 Å². The first-order chi connectivity index (χ1) is 8.42. The minimum absolute atomic E-state index is 1.03. The molecule has 3 aliphatic rings. The van der Waals surface area contributed by atoms with E-state index in [9.17, 15) is 0 Å². The molecule has 0 saturated heterocycles. The standard InChI is InChI=1S/C15H11NS/c1-2-4-13-11(3-1)5-7-16-10-12-6-8-17-15(12)9-14(13)16/h1-3,5-10H,4H2. The summed E-state index contributed by atoms with van der Waals surface area (Å²) in [5.74, 6) is 0. The summed E-state index contributed by atoms with van der Waals surface area (Å²) in [5.41, 5.74) is 4.12. The quantitative estimate of drug-likeness (QED) is 0.669. The first-order valence-corrected chi connectivity index (χ1v) is 6.64. The summed E-state index contributed by atoms with van der Waals surface area (Å²) < 4.78 is 1.37. The number of hydrogen-bond donors (Lipinski definition) is 0. The highest BCUT2D eigenvalue weighted by Crippen LogP contribution is 2.31. The molecule has 0 aromatic carbocycles. The average molecular weight is 237 g/mol. The Labute approximate surface area is 104 Å². The lowest BCUT2D eigenvalue weighted by Gasteiger charge is -2.28. The molecule has 0 bridgehead atoms. The van der Waals surface area contributed by atoms with Gasteiger partial charge in [-0.15, -0.1) is 11.3 Å². The number of thiophene rings is 1. The summed E-state index contributed by atoms with van der Waals surface area (Å²) in [7, 11) is 0. The fourth-order valence-electron chi connectivity index (χ4n) is 2.48. The van der Waals surface area contributed by atoms with Gasteiger partial charge in [0.2, 0.25) is 0 Å². The van der Waals surface area contributed by atoms with Crippen LogP contribution in [0.4, 0.5) is 0 Å². The zero-order valence-electron chi connectivity index (χ0n) is 9.26. The van der Waals surface area contributed by atoms with Crippen LogP contribution in [0, 0.1) is 0 Å². The van der Waals surface area contributed by atoms with Crippen LogP contribution in [0.5, 0.6) is 0 Å². The minimum Gasteiger partial charge on any atom is -0.323 e. The van der Waals surface area contributed by atoms with Gasteiger partial charge in [0.1, 0.15) is 0 Å². The van der Waals surface area contributed by atoms with Crippen molar-refractivity contribution in [2.24, 2.45) is 0 Å². The van der Waals surface area contributed by atoms with Crippen molar-refractivity contribution in [2.45, 2.75) is 6.42 Å². The molecule has 4 rings (SSSR count). The number of allylic oxidation sites excluding steroid dienone is 7. The lowest BCUT2D eigenvalue weighted by atomic mass is 9.93. The van der Waals surface area contributed by atoms with Gasteiger partial charge in [-0.05, 0) is 41.2 Å². The van der Waals surface area contributed by atoms with E-state index in [2.05, 4.69) is 59.1 Å². The van der Waals surface area contributed by atoms with Gasteiger partial charge in [-0.25, -0.2) is 0 Å². The normalized spacial score (nSPS) is 20.0. The summed E-state index contributed by atoms with van der Waals surface area (Å²) >= 11 is 1.81. The van der Waals surface area contributed by atoms with Gasteiger partial charge in [0, 0.05) is 22.2 Å². The Hall–Kier alpha value is -1.80. The van der Waals surface area contributed by atoms with E-state index in [-0.39, 0.29) is 0 Å². The first kappa shape index (κ1) is 9.25. The summed E-state index contributed by atoms with van der Waals surface area (Å²) in [6.07, 6.45) is 16.5. The fourth-order valence-corrected chi connectivity index (χ4v) is 3.28. The minimum atomic E-state index is 1.03. The van der Waals surface area contributed by atoms with E-state index in [4.69, 9.17) is 0 Å². The molecule has 0 saturated carbocycles. The van der Waals surface area contributed by atoms with Gasteiger partial charge < -0.3 is 4.90 Å². The zero-order chi connectivity index (χ0) is 11.2. The first-order valence-electron chi connectivity index (χ1n) is 5.76. The molecule has 1 aliphatic carbocycles. The molecule has 1 aromatic rings. The summed E-state index contributed by atoms with van der Waals surface area (Å²) in [6, 6.07) is 2.18. The lowest BCUT2D eigenvalue weighted by molar-refractivity contribution is 0.687. The fraction of sp³-hybridized carbons (Fsp3) is 0.0667. The van der Waals surface area contributed by atoms with E-state index in [1.54, 1.807) is 0 Å². The Balaban J connectivity index is 2.02. The maximum atomic E-state index is 2.31. The second-order valence-electron chi connectivity index (χ2n) is 4.35. The molecular formula is C15H11NS. The second-order valence-corrected chi connectivity index (χ2v) is 5.30. The van der Waals surface area contributed by atoms with Crippen LogP contribution in [0.25, 0.3) is 12.3 Å². The Kier molecular flexibility index (Phi) is 1.82. The van der Waals surface area contributed by atoms with E-state index >= 15 is 0 Å². The number of hydrogen-bond acceptors (Lipinski definition) is 2. The van der Waals surface area contributed by atoms with Gasteiger partial charge >= 0.3 is 0 Å². The molecule has 82 valence electrons. The zero-order valence-corrected chi connectivity index (χ0v) is 10.1. The molecule has 0 amide bonds. The van der Waals surface area contributed by atoms with Crippen molar-refractivity contribution >= 4 is 23.6 Å². The van der Waals surface area contributed by atoms with Crippen molar-refractivity contribution in [1.29, 1.82) is 0 Å². The molecule has 1 nitrogen and oxygen atoms in total. The van der Waals surface area contributed by atoms with Crippen molar-refractivity contribution in [3.63, 3.8) is 0 Å². The summed E-state index contributed by atoms with van der Waals surface area (Å²) in [6.45, 7) is 0. The van der Waals surface area contributed by atoms with E-state index in [0.29, 0.717) is 0 Å². The molecule has 2 aliphatic heterocycles. The molecule has 0 N–H and O–H groups in total. The van der Waals surface area contributed by atoms with Gasteiger partial charge in [0.25, 0.3) is 0 Å². The molecule has 1 aromatic heterocycles. The van der Waals surface area contributed by atoms with E-state index < -0.39 is 0 Å². The Morgan fingerprint density at radius 1 is 1.29 bits per heavy atom.